The summed E-state index contributed by atoms with van der Waals surface area (Å²) < 4.78 is 5.50. The number of carbonyl (C=O) groups excluding carboxylic acids is 2. The average molecular weight is 246 g/mol. The molecule has 3 nitrogen and oxygen atoms in total. The van der Waals surface area contributed by atoms with E-state index in [4.69, 9.17) is 4.74 Å². The van der Waals surface area contributed by atoms with Gasteiger partial charge in [0.15, 0.2) is 0 Å². The summed E-state index contributed by atoms with van der Waals surface area (Å²) in [6.07, 6.45) is 4.00. The Bertz CT molecular complexity index is 488. The molecular formula is C15H18O3. The van der Waals surface area contributed by atoms with Crippen molar-refractivity contribution in [3.63, 3.8) is 0 Å². The normalized spacial score (nSPS) is 43.1. The van der Waals surface area contributed by atoms with Crippen LogP contribution in [-0.4, -0.2) is 17.9 Å². The third-order valence-electron chi connectivity index (χ3n) is 5.08. The number of Topliss-reactive ketones (excluding diaryl/α,β-unsaturated/α-hetero) is 1. The molecule has 1 heterocycles. The maximum Gasteiger partial charge on any atom is 0.334 e. The molecule has 0 amide bonds. The molecule has 0 unspecified atom stereocenters. The third kappa shape index (κ3) is 1.30. The average Bonchev–Trinajstić information content (AvgIpc) is 2.60. The summed E-state index contributed by atoms with van der Waals surface area (Å²) in [5.74, 6) is 0.149. The minimum Gasteiger partial charge on any atom is -0.458 e. The zero-order valence-corrected chi connectivity index (χ0v) is 10.9. The number of esters is 1. The second kappa shape index (κ2) is 3.56. The zero-order chi connectivity index (χ0) is 13.1. The molecule has 96 valence electrons. The highest BCUT2D eigenvalue weighted by Gasteiger charge is 2.57. The molecule has 0 bridgehead atoms. The van der Waals surface area contributed by atoms with E-state index in [0.717, 1.165) is 12.8 Å². The van der Waals surface area contributed by atoms with Gasteiger partial charge < -0.3 is 4.74 Å². The van der Waals surface area contributed by atoms with Crippen LogP contribution in [0.5, 0.6) is 0 Å². The smallest absolute Gasteiger partial charge is 0.334 e. The van der Waals surface area contributed by atoms with Crippen LogP contribution in [0.25, 0.3) is 0 Å². The van der Waals surface area contributed by atoms with Gasteiger partial charge >= 0.3 is 5.97 Å². The largest absolute Gasteiger partial charge is 0.458 e. The Labute approximate surface area is 107 Å². The van der Waals surface area contributed by atoms with Crippen molar-refractivity contribution in [1.82, 2.24) is 0 Å². The van der Waals surface area contributed by atoms with E-state index in [2.05, 4.69) is 6.58 Å². The molecule has 3 aliphatic rings. The second-order valence-corrected chi connectivity index (χ2v) is 6.01. The van der Waals surface area contributed by atoms with Crippen LogP contribution in [0.3, 0.4) is 0 Å². The van der Waals surface area contributed by atoms with E-state index in [1.54, 1.807) is 0 Å². The van der Waals surface area contributed by atoms with Crippen LogP contribution in [0.1, 0.15) is 33.1 Å². The Morgan fingerprint density at radius 1 is 1.44 bits per heavy atom. The fourth-order valence-electron chi connectivity index (χ4n) is 3.93. The Balaban J connectivity index is 2.06. The van der Waals surface area contributed by atoms with Crippen molar-refractivity contribution in [3.8, 4) is 0 Å². The molecule has 0 aromatic carbocycles. The van der Waals surface area contributed by atoms with Gasteiger partial charge in [-0.25, -0.2) is 4.79 Å². The minimum absolute atomic E-state index is 0.0423. The van der Waals surface area contributed by atoms with Crippen molar-refractivity contribution in [2.45, 2.75) is 39.2 Å². The first-order valence-electron chi connectivity index (χ1n) is 6.55. The van der Waals surface area contributed by atoms with Gasteiger partial charge in [-0.1, -0.05) is 25.2 Å². The van der Waals surface area contributed by atoms with Gasteiger partial charge in [-0.15, -0.1) is 0 Å². The molecule has 0 aromatic heterocycles. The maximum atomic E-state index is 12.2. The molecule has 2 fully saturated rings. The highest BCUT2D eigenvalue weighted by Crippen LogP contribution is 2.54. The van der Waals surface area contributed by atoms with E-state index in [0.29, 0.717) is 12.0 Å². The molecule has 1 saturated carbocycles. The zero-order valence-electron chi connectivity index (χ0n) is 10.9. The highest BCUT2D eigenvalue weighted by atomic mass is 16.6. The number of rotatable bonds is 0. The van der Waals surface area contributed by atoms with Crippen molar-refractivity contribution < 1.29 is 14.3 Å². The predicted molar refractivity (Wildman–Crippen MR) is 66.7 cm³/mol. The van der Waals surface area contributed by atoms with E-state index >= 15 is 0 Å². The summed E-state index contributed by atoms with van der Waals surface area (Å²) >= 11 is 0. The van der Waals surface area contributed by atoms with Gasteiger partial charge in [0.1, 0.15) is 11.9 Å². The topological polar surface area (TPSA) is 43.4 Å². The SMILES string of the molecule is C=C1C(=O)O[C@@H]2[C@H]3C(C)=CCC(=O)[C@]3(C)CC[C@@H]12. The molecule has 1 saturated heterocycles. The second-order valence-electron chi connectivity index (χ2n) is 6.01. The molecule has 18 heavy (non-hydrogen) atoms. The molecule has 3 heteroatoms. The van der Waals surface area contributed by atoms with Crippen LogP contribution in [-0.2, 0) is 14.3 Å². The Hall–Kier alpha value is -1.38. The fourth-order valence-corrected chi connectivity index (χ4v) is 3.93. The molecule has 1 aliphatic heterocycles. The van der Waals surface area contributed by atoms with Gasteiger partial charge in [-0.2, -0.15) is 0 Å². The van der Waals surface area contributed by atoms with E-state index < -0.39 is 0 Å². The number of hydrogen-bond donors (Lipinski definition) is 0. The maximum absolute atomic E-state index is 12.2. The number of allylic oxidation sites excluding steroid dienone is 1. The molecular weight excluding hydrogens is 228 g/mol. The number of fused-ring (bicyclic) bond motifs is 3. The lowest BCUT2D eigenvalue weighted by atomic mass is 9.56. The van der Waals surface area contributed by atoms with E-state index in [1.165, 1.54) is 5.57 Å². The summed E-state index contributed by atoms with van der Waals surface area (Å²) in [6, 6.07) is 0. The lowest BCUT2D eigenvalue weighted by Gasteiger charge is -2.47. The first-order valence-corrected chi connectivity index (χ1v) is 6.55. The standard InChI is InChI=1S/C15H18O3/c1-8-4-5-11(16)15(3)7-6-10-9(2)14(17)18-13(10)12(8)15/h4,10,12-13H,2,5-7H2,1,3H3/t10-,12+,13-,15-/m0/s1. The monoisotopic (exact) mass is 246 g/mol. The molecule has 4 atom stereocenters. The van der Waals surface area contributed by atoms with Crippen LogP contribution in [0.2, 0.25) is 0 Å². The van der Waals surface area contributed by atoms with Gasteiger partial charge in [0, 0.05) is 29.2 Å². The minimum atomic E-state index is -0.356. The van der Waals surface area contributed by atoms with Crippen LogP contribution >= 0.6 is 0 Å². The first-order chi connectivity index (χ1) is 8.45. The molecule has 0 spiro atoms. The van der Waals surface area contributed by atoms with Crippen LogP contribution in [0, 0.1) is 17.3 Å². The molecule has 3 rings (SSSR count). The fraction of sp³-hybridized carbons (Fsp3) is 0.600. The van der Waals surface area contributed by atoms with E-state index in [9.17, 15) is 9.59 Å². The van der Waals surface area contributed by atoms with Gasteiger partial charge in [0.05, 0.1) is 0 Å². The Morgan fingerprint density at radius 3 is 2.89 bits per heavy atom. The summed E-state index contributed by atoms with van der Waals surface area (Å²) in [5.41, 5.74) is 1.42. The number of hydrogen-bond acceptors (Lipinski definition) is 3. The molecule has 0 aromatic rings. The first kappa shape index (κ1) is 11.7. The van der Waals surface area contributed by atoms with Crippen LogP contribution in [0.4, 0.5) is 0 Å². The molecule has 0 radical (unpaired) electrons. The predicted octanol–water partition coefficient (Wildman–Crippen LogP) is 2.42. The molecule has 0 N–H and O–H groups in total. The lowest BCUT2D eigenvalue weighted by molar-refractivity contribution is -0.150. The number of carbonyl (C=O) groups is 2. The number of ether oxygens (including phenoxy) is 1. The van der Waals surface area contributed by atoms with E-state index in [1.807, 2.05) is 19.9 Å². The van der Waals surface area contributed by atoms with Gasteiger partial charge in [-0.05, 0) is 19.8 Å². The van der Waals surface area contributed by atoms with Gasteiger partial charge in [0.25, 0.3) is 0 Å². The van der Waals surface area contributed by atoms with Gasteiger partial charge in [0.2, 0.25) is 0 Å². The van der Waals surface area contributed by atoms with E-state index in [-0.39, 0.29) is 35.1 Å². The van der Waals surface area contributed by atoms with Crippen molar-refractivity contribution >= 4 is 11.8 Å². The summed E-state index contributed by atoms with van der Waals surface area (Å²) in [6.45, 7) is 7.92. The lowest BCUT2D eigenvalue weighted by Crippen LogP contribution is -2.50. The summed E-state index contributed by atoms with van der Waals surface area (Å²) in [7, 11) is 0. The van der Waals surface area contributed by atoms with Crippen molar-refractivity contribution in [2.75, 3.05) is 0 Å². The Kier molecular flexibility index (Phi) is 2.31. The van der Waals surface area contributed by atoms with Gasteiger partial charge in [-0.3, -0.25) is 4.79 Å². The van der Waals surface area contributed by atoms with Crippen molar-refractivity contribution in [1.29, 1.82) is 0 Å². The quantitative estimate of drug-likeness (QED) is 0.374. The van der Waals surface area contributed by atoms with Crippen LogP contribution in [0.15, 0.2) is 23.8 Å². The summed E-state index contributed by atoms with van der Waals surface area (Å²) in [5, 5.41) is 0. The third-order valence-corrected chi connectivity index (χ3v) is 5.08. The van der Waals surface area contributed by atoms with Crippen molar-refractivity contribution in [2.24, 2.45) is 17.3 Å². The van der Waals surface area contributed by atoms with Crippen LogP contribution < -0.4 is 0 Å². The number of ketones is 1. The summed E-state index contributed by atoms with van der Waals surface area (Å²) in [4.78, 5) is 23.9. The molecule has 2 aliphatic carbocycles. The Morgan fingerprint density at radius 2 is 2.17 bits per heavy atom. The highest BCUT2D eigenvalue weighted by molar-refractivity contribution is 5.92. The van der Waals surface area contributed by atoms with Crippen molar-refractivity contribution in [3.05, 3.63) is 23.8 Å².